The molecule has 3 rings (SSSR count). The molecule has 0 spiro atoms. The molecule has 1 aliphatic heterocycles. The van der Waals surface area contributed by atoms with Crippen molar-refractivity contribution in [3.63, 3.8) is 0 Å². The molecule has 1 N–H and O–H groups in total. The van der Waals surface area contributed by atoms with Gasteiger partial charge in [-0.2, -0.15) is 0 Å². The minimum atomic E-state index is -3.61. The number of amides is 2. The predicted octanol–water partition coefficient (Wildman–Crippen LogP) is 4.09. The van der Waals surface area contributed by atoms with E-state index in [0.29, 0.717) is 16.5 Å². The molecule has 0 bridgehead atoms. The van der Waals surface area contributed by atoms with Crippen molar-refractivity contribution in [2.45, 2.75) is 49.3 Å². The summed E-state index contributed by atoms with van der Waals surface area (Å²) in [4.78, 5) is 32.3. The molecule has 2 aromatic carbocycles. The van der Waals surface area contributed by atoms with Crippen LogP contribution in [0.3, 0.4) is 0 Å². The Morgan fingerprint density at radius 1 is 1.18 bits per heavy atom. The van der Waals surface area contributed by atoms with Crippen LogP contribution >= 0.6 is 11.8 Å². The number of thioether (sulfide) groups is 1. The van der Waals surface area contributed by atoms with E-state index in [1.54, 1.807) is 29.2 Å². The van der Waals surface area contributed by atoms with E-state index in [-0.39, 0.29) is 29.2 Å². The fourth-order valence-corrected chi connectivity index (χ4v) is 5.77. The topological polar surface area (TPSA) is 99.1 Å². The van der Waals surface area contributed by atoms with Gasteiger partial charge >= 0.3 is 0 Å². The lowest BCUT2D eigenvalue weighted by Crippen LogP contribution is -2.40. The van der Waals surface area contributed by atoms with E-state index in [2.05, 4.69) is 10.3 Å². The van der Waals surface area contributed by atoms with Gasteiger partial charge in [-0.1, -0.05) is 49.4 Å². The van der Waals surface area contributed by atoms with Gasteiger partial charge in [0.2, 0.25) is 21.8 Å². The Morgan fingerprint density at radius 2 is 1.88 bits per heavy atom. The van der Waals surface area contributed by atoms with Crippen LogP contribution in [0.4, 0.5) is 11.4 Å². The molecule has 2 amide bonds. The first-order valence-electron chi connectivity index (χ1n) is 11.1. The number of anilines is 1. The molecular formula is C24H30N4O4S2. The lowest BCUT2D eigenvalue weighted by Gasteiger charge is -2.24. The van der Waals surface area contributed by atoms with Crippen LogP contribution in [-0.2, 0) is 19.6 Å². The molecule has 1 fully saturated rings. The third-order valence-electron chi connectivity index (χ3n) is 5.36. The van der Waals surface area contributed by atoms with Crippen molar-refractivity contribution >= 4 is 50.1 Å². The van der Waals surface area contributed by atoms with Gasteiger partial charge in [-0.05, 0) is 43.7 Å². The van der Waals surface area contributed by atoms with Gasteiger partial charge < -0.3 is 5.32 Å². The second-order valence-corrected chi connectivity index (χ2v) is 11.6. The number of benzene rings is 2. The summed E-state index contributed by atoms with van der Waals surface area (Å²) in [5.41, 5.74) is 1.10. The normalized spacial score (nSPS) is 18.5. The molecule has 10 heteroatoms. The van der Waals surface area contributed by atoms with Gasteiger partial charge in [0.25, 0.3) is 0 Å². The molecule has 2 aromatic rings. The van der Waals surface area contributed by atoms with Crippen LogP contribution in [0.2, 0.25) is 0 Å². The highest BCUT2D eigenvalue weighted by Gasteiger charge is 2.41. The van der Waals surface area contributed by atoms with Crippen LogP contribution in [0.15, 0.2) is 64.5 Å². The summed E-state index contributed by atoms with van der Waals surface area (Å²) in [5.74, 6) is -0.412. The van der Waals surface area contributed by atoms with Crippen LogP contribution in [0, 0.1) is 0 Å². The summed E-state index contributed by atoms with van der Waals surface area (Å²) in [7, 11) is -0.673. The number of nitrogens with one attached hydrogen (secondary N) is 1. The van der Waals surface area contributed by atoms with Gasteiger partial charge in [0, 0.05) is 32.2 Å². The third kappa shape index (κ3) is 6.05. The Labute approximate surface area is 205 Å². The quantitative estimate of drug-likeness (QED) is 0.557. The van der Waals surface area contributed by atoms with E-state index in [1.807, 2.05) is 32.0 Å². The van der Waals surface area contributed by atoms with Gasteiger partial charge in [0.1, 0.15) is 5.25 Å². The van der Waals surface area contributed by atoms with Gasteiger partial charge in [0.05, 0.1) is 10.6 Å². The average molecular weight is 503 g/mol. The minimum absolute atomic E-state index is 0.0157. The summed E-state index contributed by atoms with van der Waals surface area (Å²) in [6, 6.07) is 15.3. The number of nitrogens with zero attached hydrogens (tertiary/aromatic N) is 3. The average Bonchev–Trinajstić information content (AvgIpc) is 3.09. The Bertz CT molecular complexity index is 1170. The number of hydrogen-bond donors (Lipinski definition) is 1. The van der Waals surface area contributed by atoms with Gasteiger partial charge in [-0.3, -0.25) is 14.5 Å². The van der Waals surface area contributed by atoms with E-state index in [1.165, 1.54) is 38.0 Å². The number of para-hydroxylation sites is 1. The first kappa shape index (κ1) is 25.9. The lowest BCUT2D eigenvalue weighted by molar-refractivity contribution is -0.129. The van der Waals surface area contributed by atoms with E-state index >= 15 is 0 Å². The maximum Gasteiger partial charge on any atom is 0.242 e. The summed E-state index contributed by atoms with van der Waals surface area (Å²) in [6.07, 6.45) is 1.68. The molecule has 0 saturated carbocycles. The number of sulfonamides is 1. The van der Waals surface area contributed by atoms with Crippen molar-refractivity contribution in [2.75, 3.05) is 19.4 Å². The molecule has 34 heavy (non-hydrogen) atoms. The first-order valence-corrected chi connectivity index (χ1v) is 13.4. The van der Waals surface area contributed by atoms with Crippen molar-refractivity contribution < 1.29 is 18.0 Å². The molecule has 1 aliphatic rings. The number of aliphatic imine (C=N–C) groups is 1. The Hall–Kier alpha value is -2.69. The van der Waals surface area contributed by atoms with Crippen LogP contribution in [-0.4, -0.2) is 60.0 Å². The van der Waals surface area contributed by atoms with Crippen LogP contribution in [0.5, 0.6) is 0 Å². The number of hydrogen-bond acceptors (Lipinski definition) is 6. The Kier molecular flexibility index (Phi) is 8.51. The molecule has 2 atom stereocenters. The second-order valence-electron chi connectivity index (χ2n) is 8.25. The number of rotatable bonds is 9. The van der Waals surface area contributed by atoms with E-state index in [4.69, 9.17) is 0 Å². The van der Waals surface area contributed by atoms with Crippen LogP contribution in [0.1, 0.15) is 33.1 Å². The predicted molar refractivity (Wildman–Crippen MR) is 137 cm³/mol. The summed E-state index contributed by atoms with van der Waals surface area (Å²) < 4.78 is 26.2. The number of carbonyl (C=O) groups is 2. The first-order chi connectivity index (χ1) is 16.1. The highest BCUT2D eigenvalue weighted by Crippen LogP contribution is 2.34. The van der Waals surface area contributed by atoms with Crippen molar-refractivity contribution in [2.24, 2.45) is 4.99 Å². The largest absolute Gasteiger partial charge is 0.326 e. The smallest absolute Gasteiger partial charge is 0.242 e. The SMILES string of the molecule is CCCC(C)N1C(=O)C(CC(=O)Nc2ccccc2)SC1=Nc1cccc(S(=O)(=O)N(C)C)c1. The van der Waals surface area contributed by atoms with Crippen molar-refractivity contribution in [1.29, 1.82) is 0 Å². The maximum atomic E-state index is 13.3. The molecular weight excluding hydrogens is 472 g/mol. The zero-order valence-electron chi connectivity index (χ0n) is 19.8. The monoisotopic (exact) mass is 502 g/mol. The molecule has 0 aromatic heterocycles. The zero-order valence-corrected chi connectivity index (χ0v) is 21.4. The zero-order chi connectivity index (χ0) is 24.9. The van der Waals surface area contributed by atoms with Crippen LogP contribution in [0.25, 0.3) is 0 Å². The highest BCUT2D eigenvalue weighted by molar-refractivity contribution is 8.15. The number of amidine groups is 1. The third-order valence-corrected chi connectivity index (χ3v) is 8.33. The van der Waals surface area contributed by atoms with Crippen molar-refractivity contribution in [3.05, 3.63) is 54.6 Å². The van der Waals surface area contributed by atoms with Crippen molar-refractivity contribution in [1.82, 2.24) is 9.21 Å². The standard InChI is InChI=1S/C24H30N4O4S2/c1-5-10-17(2)28-23(30)21(16-22(29)25-18-11-7-6-8-12-18)33-24(28)26-19-13-9-14-20(15-19)34(31,32)27(3)4/h6-9,11-15,17,21H,5,10,16H2,1-4H3,(H,25,29). The lowest BCUT2D eigenvalue weighted by atomic mass is 10.1. The Balaban J connectivity index is 1.87. The van der Waals surface area contributed by atoms with Gasteiger partial charge in [0.15, 0.2) is 5.17 Å². The molecule has 0 radical (unpaired) electrons. The Morgan fingerprint density at radius 3 is 2.53 bits per heavy atom. The summed E-state index contributed by atoms with van der Waals surface area (Å²) >= 11 is 1.24. The van der Waals surface area contributed by atoms with E-state index < -0.39 is 15.3 Å². The fourth-order valence-electron chi connectivity index (χ4n) is 3.58. The minimum Gasteiger partial charge on any atom is -0.326 e. The molecule has 182 valence electrons. The molecule has 2 unspecified atom stereocenters. The number of carbonyl (C=O) groups excluding carboxylic acids is 2. The second kappa shape index (κ2) is 11.2. The van der Waals surface area contributed by atoms with Crippen LogP contribution < -0.4 is 5.32 Å². The molecule has 0 aliphatic carbocycles. The van der Waals surface area contributed by atoms with Gasteiger partial charge in [-0.25, -0.2) is 17.7 Å². The molecule has 1 heterocycles. The van der Waals surface area contributed by atoms with Gasteiger partial charge in [-0.15, -0.1) is 0 Å². The van der Waals surface area contributed by atoms with E-state index in [9.17, 15) is 18.0 Å². The molecule has 8 nitrogen and oxygen atoms in total. The van der Waals surface area contributed by atoms with E-state index in [0.717, 1.165) is 17.1 Å². The molecule has 1 saturated heterocycles. The van der Waals surface area contributed by atoms with Crippen molar-refractivity contribution in [3.8, 4) is 0 Å². The summed E-state index contributed by atoms with van der Waals surface area (Å²) in [6.45, 7) is 4.00. The maximum absolute atomic E-state index is 13.3. The highest BCUT2D eigenvalue weighted by atomic mass is 32.2. The fraction of sp³-hybridized carbons (Fsp3) is 0.375. The summed E-state index contributed by atoms with van der Waals surface area (Å²) in [5, 5.41) is 2.70.